The van der Waals surface area contributed by atoms with E-state index < -0.39 is 0 Å². The number of anilines is 1. The van der Waals surface area contributed by atoms with E-state index in [4.69, 9.17) is 5.73 Å². The molecule has 0 spiro atoms. The molecule has 0 bridgehead atoms. The first-order chi connectivity index (χ1) is 7.08. The van der Waals surface area contributed by atoms with Crippen LogP contribution in [0.4, 0.5) is 5.82 Å². The number of halogens is 1. The van der Waals surface area contributed by atoms with Crippen LogP contribution in [0.25, 0.3) is 0 Å². The molecule has 5 heteroatoms. The Hall–Kier alpha value is -0.810. The van der Waals surface area contributed by atoms with Gasteiger partial charge in [0.1, 0.15) is 5.82 Å². The van der Waals surface area contributed by atoms with Gasteiger partial charge in [-0.25, -0.2) is 4.68 Å². The maximum atomic E-state index is 5.86. The average Bonchev–Trinajstić information content (AvgIpc) is 2.64. The molecule has 0 amide bonds. The summed E-state index contributed by atoms with van der Waals surface area (Å²) >= 11 is 5.15. The number of hydrogen-bond donors (Lipinski definition) is 1. The van der Waals surface area contributed by atoms with Crippen molar-refractivity contribution in [2.45, 2.75) is 20.4 Å². The van der Waals surface area contributed by atoms with Crippen LogP contribution in [0, 0.1) is 13.8 Å². The fourth-order valence-corrected chi connectivity index (χ4v) is 2.73. The van der Waals surface area contributed by atoms with Gasteiger partial charge in [0.05, 0.1) is 17.2 Å². The second-order valence-electron chi connectivity index (χ2n) is 3.47. The normalized spacial score (nSPS) is 10.9. The molecular weight excluding hydrogens is 274 g/mol. The van der Waals surface area contributed by atoms with Crippen LogP contribution in [-0.4, -0.2) is 9.78 Å². The number of nitrogen functional groups attached to an aromatic ring is 1. The Morgan fingerprint density at radius 3 is 2.73 bits per heavy atom. The number of thiophene rings is 1. The first-order valence-corrected chi connectivity index (χ1v) is 6.21. The monoisotopic (exact) mass is 285 g/mol. The lowest BCUT2D eigenvalue weighted by Gasteiger charge is -2.03. The number of nitrogens with two attached hydrogens (primary N) is 1. The van der Waals surface area contributed by atoms with E-state index in [1.807, 2.05) is 11.3 Å². The Kier molecular flexibility index (Phi) is 2.84. The second-order valence-corrected chi connectivity index (χ2v) is 5.79. The zero-order chi connectivity index (χ0) is 11.0. The third-order valence-corrected chi connectivity index (χ3v) is 3.92. The van der Waals surface area contributed by atoms with E-state index in [2.05, 4.69) is 40.9 Å². The number of aryl methyl sites for hydroxylation is 2. The molecule has 2 N–H and O–H groups in total. The van der Waals surface area contributed by atoms with Gasteiger partial charge in [0.25, 0.3) is 0 Å². The quantitative estimate of drug-likeness (QED) is 0.922. The number of nitrogens with zero attached hydrogens (tertiary/aromatic N) is 2. The highest BCUT2D eigenvalue weighted by molar-refractivity contribution is 9.10. The average molecular weight is 286 g/mol. The molecule has 0 radical (unpaired) electrons. The minimum Gasteiger partial charge on any atom is -0.383 e. The fourth-order valence-electron chi connectivity index (χ4n) is 1.50. The molecule has 0 saturated heterocycles. The van der Waals surface area contributed by atoms with Crippen molar-refractivity contribution < 1.29 is 0 Å². The van der Waals surface area contributed by atoms with E-state index in [1.165, 1.54) is 15.3 Å². The van der Waals surface area contributed by atoms with Crippen LogP contribution in [-0.2, 0) is 6.54 Å². The predicted molar refractivity (Wildman–Crippen MR) is 67.2 cm³/mol. The summed E-state index contributed by atoms with van der Waals surface area (Å²) in [6, 6.07) is 2.19. The lowest BCUT2D eigenvalue weighted by molar-refractivity contribution is 0.696. The summed E-state index contributed by atoms with van der Waals surface area (Å²) in [6.07, 6.45) is 1.73. The molecule has 2 heterocycles. The molecule has 0 aromatic carbocycles. The Morgan fingerprint density at radius 1 is 1.53 bits per heavy atom. The molecule has 0 aliphatic heterocycles. The molecule has 2 aromatic heterocycles. The molecule has 0 atom stereocenters. The van der Waals surface area contributed by atoms with Gasteiger partial charge >= 0.3 is 0 Å². The Morgan fingerprint density at radius 2 is 2.27 bits per heavy atom. The van der Waals surface area contributed by atoms with E-state index in [-0.39, 0.29) is 0 Å². The summed E-state index contributed by atoms with van der Waals surface area (Å²) in [5.41, 5.74) is 7.16. The van der Waals surface area contributed by atoms with E-state index >= 15 is 0 Å². The SMILES string of the molecule is Cc1cc(Cn2ncc(Br)c2N)c(C)s1. The maximum absolute atomic E-state index is 5.86. The van der Waals surface area contributed by atoms with Crippen LogP contribution in [0.15, 0.2) is 16.7 Å². The standard InChI is InChI=1S/C10H12BrN3S/c1-6-3-8(7(2)15-6)5-14-10(12)9(11)4-13-14/h3-4H,5,12H2,1-2H3. The highest BCUT2D eigenvalue weighted by Crippen LogP contribution is 2.24. The van der Waals surface area contributed by atoms with Gasteiger partial charge in [-0.1, -0.05) is 0 Å². The number of hydrogen-bond acceptors (Lipinski definition) is 3. The number of rotatable bonds is 2. The zero-order valence-corrected chi connectivity index (χ0v) is 11.0. The summed E-state index contributed by atoms with van der Waals surface area (Å²) in [6.45, 7) is 4.98. The second kappa shape index (κ2) is 3.98. The van der Waals surface area contributed by atoms with E-state index in [0.29, 0.717) is 5.82 Å². The molecule has 2 rings (SSSR count). The molecule has 80 valence electrons. The molecular formula is C10H12BrN3S. The summed E-state index contributed by atoms with van der Waals surface area (Å²) in [5, 5.41) is 4.21. The van der Waals surface area contributed by atoms with Gasteiger partial charge in [-0.15, -0.1) is 11.3 Å². The van der Waals surface area contributed by atoms with Gasteiger partial charge in [0.2, 0.25) is 0 Å². The maximum Gasteiger partial charge on any atom is 0.136 e. The van der Waals surface area contributed by atoms with Crippen molar-refractivity contribution in [3.8, 4) is 0 Å². The van der Waals surface area contributed by atoms with E-state index in [9.17, 15) is 0 Å². The van der Waals surface area contributed by atoms with E-state index in [1.54, 1.807) is 10.9 Å². The Bertz CT molecular complexity index is 487. The van der Waals surface area contributed by atoms with Gasteiger partial charge in [-0.3, -0.25) is 0 Å². The third kappa shape index (κ3) is 2.08. The Balaban J connectivity index is 2.29. The molecule has 0 fully saturated rings. The summed E-state index contributed by atoms with van der Waals surface area (Å²) in [4.78, 5) is 2.66. The topological polar surface area (TPSA) is 43.8 Å². The third-order valence-electron chi connectivity index (χ3n) is 2.30. The summed E-state index contributed by atoms with van der Waals surface area (Å²) in [5.74, 6) is 0.679. The molecule has 3 nitrogen and oxygen atoms in total. The minimum absolute atomic E-state index is 0.679. The van der Waals surface area contributed by atoms with Crippen LogP contribution in [0.2, 0.25) is 0 Å². The fraction of sp³-hybridized carbons (Fsp3) is 0.300. The van der Waals surface area contributed by atoms with Crippen LogP contribution in [0.1, 0.15) is 15.3 Å². The van der Waals surface area contributed by atoms with Crippen LogP contribution in [0.5, 0.6) is 0 Å². The first-order valence-electron chi connectivity index (χ1n) is 4.60. The highest BCUT2D eigenvalue weighted by atomic mass is 79.9. The number of aromatic nitrogens is 2. The lowest BCUT2D eigenvalue weighted by Crippen LogP contribution is -2.05. The van der Waals surface area contributed by atoms with Crippen molar-refractivity contribution in [1.82, 2.24) is 9.78 Å². The first kappa shape index (κ1) is 10.7. The van der Waals surface area contributed by atoms with Crippen molar-refractivity contribution in [3.63, 3.8) is 0 Å². The van der Waals surface area contributed by atoms with Gasteiger partial charge < -0.3 is 5.73 Å². The van der Waals surface area contributed by atoms with Crippen LogP contribution in [0.3, 0.4) is 0 Å². The lowest BCUT2D eigenvalue weighted by atomic mass is 10.2. The largest absolute Gasteiger partial charge is 0.383 e. The van der Waals surface area contributed by atoms with Gasteiger partial charge in [-0.05, 0) is 41.4 Å². The molecule has 2 aromatic rings. The van der Waals surface area contributed by atoms with Crippen LogP contribution < -0.4 is 5.73 Å². The molecule has 0 unspecified atom stereocenters. The van der Waals surface area contributed by atoms with Gasteiger partial charge in [0, 0.05) is 9.75 Å². The molecule has 0 saturated carbocycles. The van der Waals surface area contributed by atoms with Crippen molar-refractivity contribution >= 4 is 33.1 Å². The van der Waals surface area contributed by atoms with Crippen molar-refractivity contribution in [2.75, 3.05) is 5.73 Å². The predicted octanol–water partition coefficient (Wildman–Crippen LogP) is 2.95. The smallest absolute Gasteiger partial charge is 0.136 e. The zero-order valence-electron chi connectivity index (χ0n) is 8.62. The molecule has 15 heavy (non-hydrogen) atoms. The van der Waals surface area contributed by atoms with Crippen molar-refractivity contribution in [1.29, 1.82) is 0 Å². The Labute approximate surface area is 101 Å². The highest BCUT2D eigenvalue weighted by Gasteiger charge is 2.08. The summed E-state index contributed by atoms with van der Waals surface area (Å²) in [7, 11) is 0. The van der Waals surface area contributed by atoms with E-state index in [0.717, 1.165) is 11.0 Å². The van der Waals surface area contributed by atoms with Crippen LogP contribution >= 0.6 is 27.3 Å². The van der Waals surface area contributed by atoms with Gasteiger partial charge in [0.15, 0.2) is 0 Å². The summed E-state index contributed by atoms with van der Waals surface area (Å²) < 4.78 is 2.66. The van der Waals surface area contributed by atoms with Crippen molar-refractivity contribution in [3.05, 3.63) is 32.1 Å². The molecule has 0 aliphatic carbocycles. The van der Waals surface area contributed by atoms with Gasteiger partial charge in [-0.2, -0.15) is 5.10 Å². The van der Waals surface area contributed by atoms with Crippen molar-refractivity contribution in [2.24, 2.45) is 0 Å². The minimum atomic E-state index is 0.679. The molecule has 0 aliphatic rings.